The Bertz CT molecular complexity index is 505. The van der Waals surface area contributed by atoms with Gasteiger partial charge in [-0.15, -0.1) is 0 Å². The van der Waals surface area contributed by atoms with Gasteiger partial charge in [-0.1, -0.05) is 23.2 Å². The number of carbonyl (C=O) groups excluding carboxylic acids is 1. The van der Waals surface area contributed by atoms with Crippen LogP contribution in [0.1, 0.15) is 31.2 Å². The number of hydrogen-bond donors (Lipinski definition) is 2. The number of nitrogens with one attached hydrogen (secondary N) is 2. The zero-order valence-electron chi connectivity index (χ0n) is 12.0. The van der Waals surface area contributed by atoms with E-state index in [-0.39, 0.29) is 5.91 Å². The van der Waals surface area contributed by atoms with Crippen molar-refractivity contribution in [3.8, 4) is 5.75 Å². The third kappa shape index (κ3) is 5.38. The Morgan fingerprint density at radius 3 is 2.81 bits per heavy atom. The normalized spacial score (nSPS) is 14.0. The van der Waals surface area contributed by atoms with Crippen LogP contribution in [0.25, 0.3) is 0 Å². The molecular formula is C15H20Cl2N2O2. The van der Waals surface area contributed by atoms with Gasteiger partial charge in [0.05, 0.1) is 11.6 Å². The van der Waals surface area contributed by atoms with E-state index < -0.39 is 0 Å². The number of benzene rings is 1. The maximum absolute atomic E-state index is 11.2. The smallest absolute Gasteiger partial charge is 0.219 e. The molecular weight excluding hydrogens is 311 g/mol. The van der Waals surface area contributed by atoms with Gasteiger partial charge >= 0.3 is 0 Å². The number of amides is 1. The van der Waals surface area contributed by atoms with Gasteiger partial charge in [0.2, 0.25) is 5.91 Å². The Hall–Kier alpha value is -0.970. The number of carbonyl (C=O) groups is 1. The van der Waals surface area contributed by atoms with Crippen LogP contribution in [0.3, 0.4) is 0 Å². The van der Waals surface area contributed by atoms with Crippen LogP contribution in [0.5, 0.6) is 5.75 Å². The highest BCUT2D eigenvalue weighted by molar-refractivity contribution is 6.35. The van der Waals surface area contributed by atoms with Crippen molar-refractivity contribution in [2.24, 2.45) is 0 Å². The molecule has 6 heteroatoms. The van der Waals surface area contributed by atoms with Gasteiger partial charge in [-0.05, 0) is 31.4 Å². The molecule has 0 atom stereocenters. The summed E-state index contributed by atoms with van der Waals surface area (Å²) in [5.74, 6) is 0.669. The minimum absolute atomic E-state index is 0.0106. The first kappa shape index (κ1) is 16.4. The number of rotatable bonds is 8. The largest absolute Gasteiger partial charge is 0.492 e. The zero-order chi connectivity index (χ0) is 15.2. The van der Waals surface area contributed by atoms with E-state index in [0.29, 0.717) is 47.8 Å². The highest BCUT2D eigenvalue weighted by Gasteiger charge is 2.21. The second-order valence-corrected chi connectivity index (χ2v) is 6.00. The first-order chi connectivity index (χ1) is 10.1. The van der Waals surface area contributed by atoms with Crippen LogP contribution in [0.2, 0.25) is 10.0 Å². The third-order valence-electron chi connectivity index (χ3n) is 3.32. The lowest BCUT2D eigenvalue weighted by Crippen LogP contribution is -2.18. The fourth-order valence-electron chi connectivity index (χ4n) is 1.98. The molecule has 2 rings (SSSR count). The maximum atomic E-state index is 11.2. The molecule has 1 fully saturated rings. The predicted octanol–water partition coefficient (Wildman–Crippen LogP) is 3.15. The van der Waals surface area contributed by atoms with Crippen LogP contribution in [-0.2, 0) is 11.3 Å². The average molecular weight is 331 g/mol. The van der Waals surface area contributed by atoms with E-state index >= 15 is 0 Å². The molecule has 1 saturated carbocycles. The molecule has 2 N–H and O–H groups in total. The minimum atomic E-state index is 0.0106. The highest BCUT2D eigenvalue weighted by Crippen LogP contribution is 2.33. The molecule has 0 unspecified atom stereocenters. The molecule has 1 aliphatic carbocycles. The standard InChI is InChI=1S/C15H20Cl2N2O2/c1-18-14(20)3-2-6-21-15-10(9-19-12-4-5-12)7-11(16)8-13(15)17/h7-8,12,19H,2-6,9H2,1H3,(H,18,20). The van der Waals surface area contributed by atoms with Crippen molar-refractivity contribution in [3.63, 3.8) is 0 Å². The summed E-state index contributed by atoms with van der Waals surface area (Å²) in [4.78, 5) is 11.2. The van der Waals surface area contributed by atoms with Gasteiger partial charge in [0.1, 0.15) is 5.75 Å². The molecule has 1 aromatic rings. The SMILES string of the molecule is CNC(=O)CCCOc1c(Cl)cc(Cl)cc1CNC1CC1. The van der Waals surface area contributed by atoms with Gasteiger partial charge in [-0.2, -0.15) is 0 Å². The molecule has 4 nitrogen and oxygen atoms in total. The molecule has 1 aromatic carbocycles. The molecule has 0 bridgehead atoms. The van der Waals surface area contributed by atoms with Crippen molar-refractivity contribution in [1.29, 1.82) is 0 Å². The Morgan fingerprint density at radius 1 is 1.38 bits per heavy atom. The molecule has 0 radical (unpaired) electrons. The van der Waals surface area contributed by atoms with E-state index in [0.717, 1.165) is 5.56 Å². The lowest BCUT2D eigenvalue weighted by molar-refractivity contribution is -0.120. The van der Waals surface area contributed by atoms with Crippen LogP contribution in [-0.4, -0.2) is 25.6 Å². The van der Waals surface area contributed by atoms with Crippen molar-refractivity contribution < 1.29 is 9.53 Å². The Balaban J connectivity index is 1.93. The van der Waals surface area contributed by atoms with Gasteiger partial charge < -0.3 is 15.4 Å². The second kappa shape index (κ2) is 7.87. The van der Waals surface area contributed by atoms with Crippen LogP contribution < -0.4 is 15.4 Å². The van der Waals surface area contributed by atoms with Gasteiger partial charge in [-0.25, -0.2) is 0 Å². The van der Waals surface area contributed by atoms with E-state index in [9.17, 15) is 4.79 Å². The molecule has 0 saturated heterocycles. The monoisotopic (exact) mass is 330 g/mol. The summed E-state index contributed by atoms with van der Waals surface area (Å²) in [6.45, 7) is 1.14. The van der Waals surface area contributed by atoms with Crippen molar-refractivity contribution in [1.82, 2.24) is 10.6 Å². The second-order valence-electron chi connectivity index (χ2n) is 5.16. The van der Waals surface area contributed by atoms with Crippen LogP contribution in [0.15, 0.2) is 12.1 Å². The first-order valence-corrected chi connectivity index (χ1v) is 7.90. The maximum Gasteiger partial charge on any atom is 0.219 e. The third-order valence-corrected chi connectivity index (χ3v) is 3.82. The summed E-state index contributed by atoms with van der Waals surface area (Å²) in [6.07, 6.45) is 3.53. The molecule has 116 valence electrons. The van der Waals surface area contributed by atoms with E-state index in [1.807, 2.05) is 6.07 Å². The molecule has 1 amide bonds. The average Bonchev–Trinajstić information content (AvgIpc) is 3.26. The van der Waals surface area contributed by atoms with E-state index in [1.54, 1.807) is 13.1 Å². The lowest BCUT2D eigenvalue weighted by Gasteiger charge is -2.14. The fourth-order valence-corrected chi connectivity index (χ4v) is 2.57. The van der Waals surface area contributed by atoms with E-state index in [1.165, 1.54) is 12.8 Å². The summed E-state index contributed by atoms with van der Waals surface area (Å²) in [6, 6.07) is 4.15. The summed E-state index contributed by atoms with van der Waals surface area (Å²) in [7, 11) is 1.63. The molecule has 21 heavy (non-hydrogen) atoms. The topological polar surface area (TPSA) is 50.4 Å². The predicted molar refractivity (Wildman–Crippen MR) is 85.1 cm³/mol. The minimum Gasteiger partial charge on any atom is -0.492 e. The van der Waals surface area contributed by atoms with Crippen LogP contribution in [0, 0.1) is 0 Å². The molecule has 0 aromatic heterocycles. The number of ether oxygens (including phenoxy) is 1. The van der Waals surface area contributed by atoms with E-state index in [2.05, 4.69) is 10.6 Å². The molecule has 1 aliphatic rings. The van der Waals surface area contributed by atoms with Crippen LogP contribution in [0.4, 0.5) is 0 Å². The highest BCUT2D eigenvalue weighted by atomic mass is 35.5. The molecule has 0 aliphatic heterocycles. The van der Waals surface area contributed by atoms with Crippen molar-refractivity contribution >= 4 is 29.1 Å². The number of hydrogen-bond acceptors (Lipinski definition) is 3. The van der Waals surface area contributed by atoms with Crippen LogP contribution >= 0.6 is 23.2 Å². The van der Waals surface area contributed by atoms with Crippen molar-refractivity contribution in [3.05, 3.63) is 27.7 Å². The Kier molecular flexibility index (Phi) is 6.15. The fraction of sp³-hybridized carbons (Fsp3) is 0.533. The quantitative estimate of drug-likeness (QED) is 0.720. The number of halogens is 2. The van der Waals surface area contributed by atoms with Gasteiger partial charge in [0.15, 0.2) is 0 Å². The molecule has 0 spiro atoms. The summed E-state index contributed by atoms with van der Waals surface area (Å²) < 4.78 is 5.76. The van der Waals surface area contributed by atoms with Crippen molar-refractivity contribution in [2.75, 3.05) is 13.7 Å². The summed E-state index contributed by atoms with van der Waals surface area (Å²) >= 11 is 12.3. The Morgan fingerprint density at radius 2 is 2.14 bits per heavy atom. The summed E-state index contributed by atoms with van der Waals surface area (Å²) in [5, 5.41) is 7.12. The zero-order valence-corrected chi connectivity index (χ0v) is 13.6. The molecule has 0 heterocycles. The van der Waals surface area contributed by atoms with Gasteiger partial charge in [-0.3, -0.25) is 4.79 Å². The van der Waals surface area contributed by atoms with Gasteiger partial charge in [0.25, 0.3) is 0 Å². The summed E-state index contributed by atoms with van der Waals surface area (Å²) in [5.41, 5.74) is 0.958. The Labute approximate surface area is 135 Å². The van der Waals surface area contributed by atoms with Gasteiger partial charge in [0, 0.05) is 36.6 Å². The van der Waals surface area contributed by atoms with Crippen molar-refractivity contribution in [2.45, 2.75) is 38.3 Å². The van der Waals surface area contributed by atoms with E-state index in [4.69, 9.17) is 27.9 Å². The lowest BCUT2D eigenvalue weighted by atomic mass is 10.2. The first-order valence-electron chi connectivity index (χ1n) is 7.15.